The van der Waals surface area contributed by atoms with E-state index in [-0.39, 0.29) is 11.2 Å². The van der Waals surface area contributed by atoms with Crippen LogP contribution in [0.4, 0.5) is 0 Å². The highest BCUT2D eigenvalue weighted by Gasteiger charge is 2.47. The molecular weight excluding hydrogens is 180 g/mol. The van der Waals surface area contributed by atoms with Crippen molar-refractivity contribution in [1.82, 2.24) is 15.0 Å². The highest BCUT2D eigenvalue weighted by atomic mass is 16.1. The first-order valence-electron chi connectivity index (χ1n) is 4.75. The first-order chi connectivity index (χ1) is 6.66. The standard InChI is InChI=1S/C9H14N4O/c1-13-5-7(11-12-13)4-8(14)9(6-10)2-3-9/h5H,2-4,6,10H2,1H3. The van der Waals surface area contributed by atoms with Crippen LogP contribution in [0.25, 0.3) is 0 Å². The summed E-state index contributed by atoms with van der Waals surface area (Å²) in [6, 6.07) is 0. The molecule has 1 aromatic heterocycles. The molecule has 5 nitrogen and oxygen atoms in total. The molecule has 5 heteroatoms. The molecule has 0 saturated heterocycles. The summed E-state index contributed by atoms with van der Waals surface area (Å²) < 4.78 is 1.60. The van der Waals surface area contributed by atoms with Gasteiger partial charge in [0.2, 0.25) is 0 Å². The number of aryl methyl sites for hydroxylation is 1. The van der Waals surface area contributed by atoms with E-state index in [9.17, 15) is 4.79 Å². The zero-order chi connectivity index (χ0) is 10.2. The predicted molar refractivity (Wildman–Crippen MR) is 50.4 cm³/mol. The molecule has 1 aliphatic carbocycles. The van der Waals surface area contributed by atoms with E-state index < -0.39 is 0 Å². The van der Waals surface area contributed by atoms with E-state index in [1.54, 1.807) is 17.9 Å². The van der Waals surface area contributed by atoms with Crippen molar-refractivity contribution in [2.75, 3.05) is 6.54 Å². The Labute approximate surface area is 82.3 Å². The van der Waals surface area contributed by atoms with Gasteiger partial charge < -0.3 is 5.73 Å². The number of nitrogens with two attached hydrogens (primary N) is 1. The zero-order valence-electron chi connectivity index (χ0n) is 8.23. The van der Waals surface area contributed by atoms with E-state index >= 15 is 0 Å². The molecule has 0 atom stereocenters. The highest BCUT2D eigenvalue weighted by Crippen LogP contribution is 2.45. The molecule has 14 heavy (non-hydrogen) atoms. The lowest BCUT2D eigenvalue weighted by Crippen LogP contribution is -2.26. The quantitative estimate of drug-likeness (QED) is 0.712. The smallest absolute Gasteiger partial charge is 0.146 e. The van der Waals surface area contributed by atoms with Crippen LogP contribution in [-0.4, -0.2) is 27.3 Å². The summed E-state index contributed by atoms with van der Waals surface area (Å²) in [7, 11) is 1.79. The number of carbonyl (C=O) groups excluding carboxylic acids is 1. The van der Waals surface area contributed by atoms with Gasteiger partial charge in [-0.3, -0.25) is 9.48 Å². The minimum atomic E-state index is -0.225. The van der Waals surface area contributed by atoms with Crippen LogP contribution in [0.2, 0.25) is 0 Å². The summed E-state index contributed by atoms with van der Waals surface area (Å²) in [5, 5.41) is 7.66. The second kappa shape index (κ2) is 3.16. The summed E-state index contributed by atoms with van der Waals surface area (Å²) in [6.07, 6.45) is 4.00. The molecule has 1 aliphatic rings. The van der Waals surface area contributed by atoms with Crippen LogP contribution in [0.15, 0.2) is 6.20 Å². The number of rotatable bonds is 4. The van der Waals surface area contributed by atoms with E-state index in [0.717, 1.165) is 18.5 Å². The van der Waals surface area contributed by atoms with Crippen molar-refractivity contribution in [2.24, 2.45) is 18.2 Å². The first kappa shape index (κ1) is 9.33. The molecule has 0 spiro atoms. The number of ketones is 1. The molecule has 2 N–H and O–H groups in total. The van der Waals surface area contributed by atoms with Crippen LogP contribution in [0, 0.1) is 5.41 Å². The van der Waals surface area contributed by atoms with E-state index in [1.807, 2.05) is 0 Å². The van der Waals surface area contributed by atoms with E-state index in [4.69, 9.17) is 5.73 Å². The van der Waals surface area contributed by atoms with E-state index in [1.165, 1.54) is 0 Å². The molecule has 0 radical (unpaired) electrons. The molecule has 1 heterocycles. The second-order valence-corrected chi connectivity index (χ2v) is 3.97. The number of Topliss-reactive ketones (excluding diaryl/α,β-unsaturated/α-hetero) is 1. The monoisotopic (exact) mass is 194 g/mol. The van der Waals surface area contributed by atoms with Crippen molar-refractivity contribution < 1.29 is 4.79 Å². The normalized spacial score (nSPS) is 18.1. The number of aromatic nitrogens is 3. The van der Waals surface area contributed by atoms with Crippen LogP contribution in [0.1, 0.15) is 18.5 Å². The van der Waals surface area contributed by atoms with Crippen molar-refractivity contribution in [1.29, 1.82) is 0 Å². The lowest BCUT2D eigenvalue weighted by molar-refractivity contribution is -0.123. The Balaban J connectivity index is 2.01. The van der Waals surface area contributed by atoms with Crippen LogP contribution in [-0.2, 0) is 18.3 Å². The Kier molecular flexibility index (Phi) is 2.11. The average molecular weight is 194 g/mol. The molecule has 1 saturated carbocycles. The van der Waals surface area contributed by atoms with Gasteiger partial charge >= 0.3 is 0 Å². The van der Waals surface area contributed by atoms with Gasteiger partial charge in [-0.2, -0.15) is 0 Å². The Hall–Kier alpha value is -1.23. The van der Waals surface area contributed by atoms with Gasteiger partial charge in [-0.15, -0.1) is 5.10 Å². The van der Waals surface area contributed by atoms with Gasteiger partial charge in [-0.25, -0.2) is 0 Å². The molecule has 0 aliphatic heterocycles. The van der Waals surface area contributed by atoms with Crippen LogP contribution in [0.3, 0.4) is 0 Å². The third-order valence-corrected chi connectivity index (χ3v) is 2.83. The second-order valence-electron chi connectivity index (χ2n) is 3.97. The van der Waals surface area contributed by atoms with Crippen LogP contribution < -0.4 is 5.73 Å². The van der Waals surface area contributed by atoms with Gasteiger partial charge in [0.05, 0.1) is 12.1 Å². The summed E-state index contributed by atoms with van der Waals surface area (Å²) in [4.78, 5) is 11.8. The average Bonchev–Trinajstić information content (AvgIpc) is 2.87. The van der Waals surface area contributed by atoms with Gasteiger partial charge in [-0.1, -0.05) is 5.21 Å². The number of carbonyl (C=O) groups is 1. The van der Waals surface area contributed by atoms with Crippen molar-refractivity contribution >= 4 is 5.78 Å². The third-order valence-electron chi connectivity index (χ3n) is 2.83. The van der Waals surface area contributed by atoms with Crippen LogP contribution >= 0.6 is 0 Å². The Morgan fingerprint density at radius 3 is 2.86 bits per heavy atom. The molecule has 1 aromatic rings. The lowest BCUT2D eigenvalue weighted by atomic mass is 9.98. The molecule has 1 fully saturated rings. The van der Waals surface area contributed by atoms with Gasteiger partial charge in [0.15, 0.2) is 0 Å². The Morgan fingerprint density at radius 1 is 1.71 bits per heavy atom. The fourth-order valence-electron chi connectivity index (χ4n) is 1.58. The molecule has 2 rings (SSSR count). The topological polar surface area (TPSA) is 73.8 Å². The molecular formula is C9H14N4O. The maximum atomic E-state index is 11.8. The van der Waals surface area contributed by atoms with Gasteiger partial charge in [-0.05, 0) is 12.8 Å². The summed E-state index contributed by atoms with van der Waals surface area (Å²) in [5.74, 6) is 0.209. The van der Waals surface area contributed by atoms with E-state index in [2.05, 4.69) is 10.3 Å². The molecule has 76 valence electrons. The van der Waals surface area contributed by atoms with Crippen molar-refractivity contribution in [3.63, 3.8) is 0 Å². The fraction of sp³-hybridized carbons (Fsp3) is 0.667. The molecule has 0 aromatic carbocycles. The largest absolute Gasteiger partial charge is 0.329 e. The predicted octanol–water partition coefficient (Wildman–Crippen LogP) is -0.334. The summed E-state index contributed by atoms with van der Waals surface area (Å²) >= 11 is 0. The maximum Gasteiger partial charge on any atom is 0.146 e. The number of hydrogen-bond donors (Lipinski definition) is 1. The SMILES string of the molecule is Cn1cc(CC(=O)C2(CN)CC2)nn1. The zero-order valence-corrected chi connectivity index (χ0v) is 8.23. The Morgan fingerprint density at radius 2 is 2.43 bits per heavy atom. The van der Waals surface area contributed by atoms with Crippen molar-refractivity contribution in [3.05, 3.63) is 11.9 Å². The summed E-state index contributed by atoms with van der Waals surface area (Å²) in [5.41, 5.74) is 6.08. The maximum absolute atomic E-state index is 11.8. The van der Waals surface area contributed by atoms with Gasteiger partial charge in [0.25, 0.3) is 0 Å². The Bertz CT molecular complexity index is 353. The van der Waals surface area contributed by atoms with Gasteiger partial charge in [0, 0.05) is 25.2 Å². The lowest BCUT2D eigenvalue weighted by Gasteiger charge is -2.08. The number of nitrogens with zero attached hydrogens (tertiary/aromatic N) is 3. The fourth-order valence-corrected chi connectivity index (χ4v) is 1.58. The minimum Gasteiger partial charge on any atom is -0.329 e. The van der Waals surface area contributed by atoms with Crippen molar-refractivity contribution in [3.8, 4) is 0 Å². The first-order valence-corrected chi connectivity index (χ1v) is 4.75. The molecule has 0 amide bonds. The molecule has 0 unspecified atom stereocenters. The van der Waals surface area contributed by atoms with Gasteiger partial charge in [0.1, 0.15) is 5.78 Å². The highest BCUT2D eigenvalue weighted by molar-refractivity contribution is 5.89. The van der Waals surface area contributed by atoms with E-state index in [0.29, 0.717) is 13.0 Å². The molecule has 0 bridgehead atoms. The van der Waals surface area contributed by atoms with Crippen molar-refractivity contribution in [2.45, 2.75) is 19.3 Å². The number of hydrogen-bond acceptors (Lipinski definition) is 4. The van der Waals surface area contributed by atoms with Crippen LogP contribution in [0.5, 0.6) is 0 Å². The third kappa shape index (κ3) is 1.55. The minimum absolute atomic E-state index is 0.209. The summed E-state index contributed by atoms with van der Waals surface area (Å²) in [6.45, 7) is 0.464.